The molecule has 0 fully saturated rings. The molecule has 0 aliphatic carbocycles. The lowest BCUT2D eigenvalue weighted by molar-refractivity contribution is 0.109. The van der Waals surface area contributed by atoms with Crippen LogP contribution in [-0.2, 0) is 9.47 Å². The van der Waals surface area contributed by atoms with Crippen LogP contribution in [0.2, 0.25) is 0 Å². The van der Waals surface area contributed by atoms with Gasteiger partial charge in [-0.25, -0.2) is 0 Å². The van der Waals surface area contributed by atoms with Crippen molar-refractivity contribution in [2.75, 3.05) is 47.1 Å². The smallest absolute Gasteiger partial charge is 0.0589 e. The van der Waals surface area contributed by atoms with E-state index in [1.54, 1.807) is 14.2 Å². The molecule has 1 aromatic heterocycles. The van der Waals surface area contributed by atoms with Crippen LogP contribution in [-0.4, -0.2) is 52.0 Å². The second-order valence-corrected chi connectivity index (χ2v) is 6.82. The van der Waals surface area contributed by atoms with Gasteiger partial charge in [-0.3, -0.25) is 4.90 Å². The van der Waals surface area contributed by atoms with Crippen molar-refractivity contribution in [3.63, 3.8) is 0 Å². The van der Waals surface area contributed by atoms with E-state index in [2.05, 4.69) is 33.8 Å². The molecule has 116 valence electrons. The van der Waals surface area contributed by atoms with Gasteiger partial charge in [-0.1, -0.05) is 0 Å². The number of methoxy groups -OCH3 is 2. The fraction of sp³-hybridized carbons (Fsp3) is 0.714. The van der Waals surface area contributed by atoms with Gasteiger partial charge in [0.1, 0.15) is 0 Å². The number of nitrogens with two attached hydrogens (primary N) is 1. The molecule has 0 amide bonds. The van der Waals surface area contributed by atoms with Crippen molar-refractivity contribution in [3.05, 3.63) is 20.3 Å². The largest absolute Gasteiger partial charge is 0.385 e. The van der Waals surface area contributed by atoms with Crippen molar-refractivity contribution in [3.8, 4) is 0 Å². The summed E-state index contributed by atoms with van der Waals surface area (Å²) in [5, 5.41) is 0. The molecule has 0 bridgehead atoms. The second kappa shape index (κ2) is 9.87. The topological polar surface area (TPSA) is 47.7 Å². The molecule has 0 saturated carbocycles. The second-order valence-electron chi connectivity index (χ2n) is 4.68. The lowest BCUT2D eigenvalue weighted by Crippen LogP contribution is -2.36. The van der Waals surface area contributed by atoms with Gasteiger partial charge in [0.15, 0.2) is 0 Å². The van der Waals surface area contributed by atoms with E-state index >= 15 is 0 Å². The summed E-state index contributed by atoms with van der Waals surface area (Å²) in [6.45, 7) is 6.08. The van der Waals surface area contributed by atoms with E-state index in [0.29, 0.717) is 6.54 Å². The average Bonchev–Trinajstić information content (AvgIpc) is 2.76. The van der Waals surface area contributed by atoms with E-state index < -0.39 is 0 Å². The number of thiophene rings is 1. The minimum Gasteiger partial charge on any atom is -0.385 e. The van der Waals surface area contributed by atoms with Crippen LogP contribution in [0.25, 0.3) is 0 Å². The Kier molecular flexibility index (Phi) is 8.91. The van der Waals surface area contributed by atoms with Gasteiger partial charge in [-0.05, 0) is 35.3 Å². The Labute approximate surface area is 134 Å². The van der Waals surface area contributed by atoms with Crippen LogP contribution in [0.3, 0.4) is 0 Å². The van der Waals surface area contributed by atoms with Crippen molar-refractivity contribution < 1.29 is 9.47 Å². The maximum absolute atomic E-state index is 6.02. The molecule has 2 N–H and O–H groups in total. The summed E-state index contributed by atoms with van der Waals surface area (Å²) in [6, 6.07) is 2.44. The highest BCUT2D eigenvalue weighted by Gasteiger charge is 2.21. The Hall–Kier alpha value is 0.0200. The highest BCUT2D eigenvalue weighted by molar-refractivity contribution is 9.10. The summed E-state index contributed by atoms with van der Waals surface area (Å²) < 4.78 is 11.5. The molecule has 1 heterocycles. The lowest BCUT2D eigenvalue weighted by atomic mass is 10.2. The van der Waals surface area contributed by atoms with Gasteiger partial charge in [-0.15, -0.1) is 11.3 Å². The van der Waals surface area contributed by atoms with Crippen LogP contribution in [0, 0.1) is 6.92 Å². The molecule has 0 aliphatic heterocycles. The summed E-state index contributed by atoms with van der Waals surface area (Å²) in [6.07, 6.45) is 1.00. The van der Waals surface area contributed by atoms with E-state index in [1.807, 2.05) is 11.3 Å². The first-order valence-corrected chi connectivity index (χ1v) is 8.42. The van der Waals surface area contributed by atoms with Crippen molar-refractivity contribution in [2.24, 2.45) is 5.73 Å². The summed E-state index contributed by atoms with van der Waals surface area (Å²) in [5.74, 6) is 0. The van der Waals surface area contributed by atoms with Crippen LogP contribution < -0.4 is 5.73 Å². The number of ether oxygens (including phenoxy) is 2. The van der Waals surface area contributed by atoms with Crippen molar-refractivity contribution >= 4 is 27.3 Å². The third-order valence-corrected chi connectivity index (χ3v) is 5.48. The molecule has 0 saturated heterocycles. The molecule has 1 atom stereocenters. The quantitative estimate of drug-likeness (QED) is 0.648. The summed E-state index contributed by atoms with van der Waals surface area (Å²) in [4.78, 5) is 4.99. The third-order valence-electron chi connectivity index (χ3n) is 3.25. The summed E-state index contributed by atoms with van der Waals surface area (Å²) in [5.41, 5.74) is 6.02. The SMILES string of the molecule is COCCCN(CCOC)C(CN)c1cc(Br)c(C)s1. The number of hydrogen-bond acceptors (Lipinski definition) is 5. The Morgan fingerprint density at radius 3 is 2.50 bits per heavy atom. The van der Waals surface area contributed by atoms with E-state index in [1.165, 1.54) is 14.2 Å². The number of halogens is 1. The first-order chi connectivity index (χ1) is 9.63. The van der Waals surface area contributed by atoms with E-state index in [0.717, 1.165) is 32.7 Å². The zero-order chi connectivity index (χ0) is 15.0. The van der Waals surface area contributed by atoms with Gasteiger partial charge in [0, 0.05) is 54.7 Å². The molecule has 20 heavy (non-hydrogen) atoms. The molecule has 0 aromatic carbocycles. The van der Waals surface area contributed by atoms with Gasteiger partial charge in [0.2, 0.25) is 0 Å². The van der Waals surface area contributed by atoms with Crippen molar-refractivity contribution in [1.82, 2.24) is 4.90 Å². The molecular weight excluding hydrogens is 340 g/mol. The van der Waals surface area contributed by atoms with Gasteiger partial charge in [0.05, 0.1) is 12.6 Å². The van der Waals surface area contributed by atoms with Crippen molar-refractivity contribution in [2.45, 2.75) is 19.4 Å². The van der Waals surface area contributed by atoms with E-state index in [-0.39, 0.29) is 6.04 Å². The number of aryl methyl sites for hydroxylation is 1. The first-order valence-electron chi connectivity index (χ1n) is 6.81. The molecule has 1 unspecified atom stereocenters. The maximum Gasteiger partial charge on any atom is 0.0589 e. The maximum atomic E-state index is 6.02. The highest BCUT2D eigenvalue weighted by atomic mass is 79.9. The molecule has 0 aliphatic rings. The number of hydrogen-bond donors (Lipinski definition) is 1. The molecule has 4 nitrogen and oxygen atoms in total. The molecular formula is C14H25BrN2O2S. The molecule has 0 radical (unpaired) electrons. The summed E-state index contributed by atoms with van der Waals surface area (Å²) in [7, 11) is 3.47. The zero-order valence-electron chi connectivity index (χ0n) is 12.5. The summed E-state index contributed by atoms with van der Waals surface area (Å²) >= 11 is 5.39. The molecule has 0 spiro atoms. The highest BCUT2D eigenvalue weighted by Crippen LogP contribution is 2.33. The standard InChI is InChI=1S/C14H25BrN2O2S/c1-11-12(15)9-14(20-11)13(10-16)17(6-8-19-3)5-4-7-18-2/h9,13H,4-8,10,16H2,1-3H3. The molecule has 1 rings (SSSR count). The molecule has 6 heteroatoms. The predicted octanol–water partition coefficient (Wildman–Crippen LogP) is 2.80. The lowest BCUT2D eigenvalue weighted by Gasteiger charge is -2.30. The van der Waals surface area contributed by atoms with E-state index in [4.69, 9.17) is 15.2 Å². The fourth-order valence-corrected chi connectivity index (χ4v) is 3.84. The van der Waals surface area contributed by atoms with Gasteiger partial charge < -0.3 is 15.2 Å². The Morgan fingerprint density at radius 1 is 1.30 bits per heavy atom. The average molecular weight is 365 g/mol. The minimum absolute atomic E-state index is 0.247. The number of rotatable bonds is 10. The third kappa shape index (κ3) is 5.42. The van der Waals surface area contributed by atoms with Gasteiger partial charge >= 0.3 is 0 Å². The van der Waals surface area contributed by atoms with Crippen molar-refractivity contribution in [1.29, 1.82) is 0 Å². The van der Waals surface area contributed by atoms with Crippen LogP contribution in [0.4, 0.5) is 0 Å². The van der Waals surface area contributed by atoms with Crippen LogP contribution in [0.5, 0.6) is 0 Å². The Morgan fingerprint density at radius 2 is 2.00 bits per heavy atom. The van der Waals surface area contributed by atoms with Gasteiger partial charge in [-0.2, -0.15) is 0 Å². The Bertz CT molecular complexity index is 368. The van der Waals surface area contributed by atoms with Gasteiger partial charge in [0.25, 0.3) is 0 Å². The number of nitrogens with zero attached hydrogens (tertiary/aromatic N) is 1. The van der Waals surface area contributed by atoms with E-state index in [9.17, 15) is 0 Å². The fourth-order valence-electron chi connectivity index (χ4n) is 2.13. The van der Waals surface area contributed by atoms with Crippen LogP contribution in [0.15, 0.2) is 10.5 Å². The molecule has 1 aromatic rings. The Balaban J connectivity index is 2.77. The first kappa shape index (κ1) is 18.1. The zero-order valence-corrected chi connectivity index (χ0v) is 14.9. The normalized spacial score (nSPS) is 13.1. The monoisotopic (exact) mass is 364 g/mol. The predicted molar refractivity (Wildman–Crippen MR) is 88.5 cm³/mol. The minimum atomic E-state index is 0.247. The van der Waals surface area contributed by atoms with Crippen LogP contribution >= 0.6 is 27.3 Å². The van der Waals surface area contributed by atoms with Crippen LogP contribution in [0.1, 0.15) is 22.2 Å².